The molecule has 2 aliphatic heterocycles. The van der Waals surface area contributed by atoms with Crippen LogP contribution in [0.5, 0.6) is 0 Å². The third-order valence-electron chi connectivity index (χ3n) is 7.30. The molecule has 0 saturated carbocycles. The van der Waals surface area contributed by atoms with Crippen LogP contribution < -0.4 is 0 Å². The Morgan fingerprint density at radius 1 is 0.743 bits per heavy atom. The lowest BCUT2D eigenvalue weighted by Crippen LogP contribution is -2.48. The van der Waals surface area contributed by atoms with Crippen molar-refractivity contribution in [2.75, 3.05) is 26.2 Å². The molecule has 0 aliphatic carbocycles. The van der Waals surface area contributed by atoms with Crippen molar-refractivity contribution < 1.29 is 19.8 Å². The number of aliphatic hydroxyl groups is 2. The van der Waals surface area contributed by atoms with Crippen LogP contribution in [0.3, 0.4) is 0 Å². The van der Waals surface area contributed by atoms with Gasteiger partial charge in [0.15, 0.2) is 0 Å². The molecule has 200 valence electrons. The molecule has 8 nitrogen and oxygen atoms in total. The molecule has 2 rings (SSSR count). The maximum Gasteiger partial charge on any atom is 0.325 e. The number of amides is 4. The van der Waals surface area contributed by atoms with E-state index in [1.165, 1.54) is 0 Å². The van der Waals surface area contributed by atoms with Crippen molar-refractivity contribution in [3.63, 3.8) is 0 Å². The summed E-state index contributed by atoms with van der Waals surface area (Å²) in [6.45, 7) is 14.1. The number of aliphatic hydroxyl groups excluding tert-OH is 2. The Labute approximate surface area is 221 Å². The van der Waals surface area contributed by atoms with E-state index < -0.39 is 23.3 Å². The lowest BCUT2D eigenvalue weighted by atomic mass is 9.91. The summed E-state index contributed by atoms with van der Waals surface area (Å²) in [6, 6.07) is -0.108. The van der Waals surface area contributed by atoms with Crippen LogP contribution in [0.25, 0.3) is 0 Å². The van der Waals surface area contributed by atoms with Crippen LogP contribution in [0, 0.1) is 0 Å². The van der Waals surface area contributed by atoms with Gasteiger partial charge in [-0.1, -0.05) is 24.4 Å². The Hall–Kier alpha value is -1.36. The summed E-state index contributed by atoms with van der Waals surface area (Å²) in [7, 11) is 0. The van der Waals surface area contributed by atoms with E-state index in [9.17, 15) is 19.8 Å². The second-order valence-corrected chi connectivity index (χ2v) is 11.9. The van der Waals surface area contributed by atoms with Gasteiger partial charge in [0.25, 0.3) is 0 Å². The summed E-state index contributed by atoms with van der Waals surface area (Å²) in [5.74, 6) is 0. The van der Waals surface area contributed by atoms with E-state index in [2.05, 4.69) is 0 Å². The minimum Gasteiger partial charge on any atom is -0.393 e. The smallest absolute Gasteiger partial charge is 0.325 e. The molecule has 2 heterocycles. The summed E-state index contributed by atoms with van der Waals surface area (Å²) in [6.07, 6.45) is 3.33. The standard InChI is InChI=1S/C25H44N4O4S2/c1-7-26-16-20(34)28(22(26)32)24(3,4)14-12-18(30)10-9-11-19(31)13-15-25(5,6)29-21(35)17-27(8-2)23(29)33/h18-19,30-31H,7-17H2,1-6H3. The van der Waals surface area contributed by atoms with E-state index in [-0.39, 0.29) is 12.1 Å². The molecule has 0 aromatic carbocycles. The summed E-state index contributed by atoms with van der Waals surface area (Å²) >= 11 is 10.9. The zero-order chi connectivity index (χ0) is 26.6. The quantitative estimate of drug-likeness (QED) is 0.329. The molecule has 2 N–H and O–H groups in total. The van der Waals surface area contributed by atoms with Crippen molar-refractivity contribution in [2.24, 2.45) is 0 Å². The van der Waals surface area contributed by atoms with E-state index >= 15 is 0 Å². The SMILES string of the molecule is CCN1CC(=S)N(C(C)(C)CCC(O)CCCC(O)CCC(C)(C)N2C(=O)N(CC)CC2=S)C1=O. The predicted octanol–water partition coefficient (Wildman–Crippen LogP) is 4.17. The highest BCUT2D eigenvalue weighted by molar-refractivity contribution is 7.80. The third-order valence-corrected chi connectivity index (χ3v) is 7.93. The van der Waals surface area contributed by atoms with E-state index in [4.69, 9.17) is 24.4 Å². The lowest BCUT2D eigenvalue weighted by molar-refractivity contribution is 0.100. The fraction of sp³-hybridized carbons (Fsp3) is 0.840. The Morgan fingerprint density at radius 3 is 1.37 bits per heavy atom. The Balaban J connectivity index is 1.73. The number of hydrogen-bond donors (Lipinski definition) is 2. The second kappa shape index (κ2) is 12.3. The average molecular weight is 529 g/mol. The van der Waals surface area contributed by atoms with Crippen molar-refractivity contribution >= 4 is 46.5 Å². The minimum absolute atomic E-state index is 0.0539. The molecule has 0 radical (unpaired) electrons. The molecular formula is C25H44N4O4S2. The number of rotatable bonds is 14. The molecule has 0 aromatic heterocycles. The van der Waals surface area contributed by atoms with Crippen LogP contribution in [0.4, 0.5) is 9.59 Å². The van der Waals surface area contributed by atoms with Crippen LogP contribution in [0.1, 0.15) is 86.5 Å². The van der Waals surface area contributed by atoms with Crippen LogP contribution in [0.15, 0.2) is 0 Å². The summed E-state index contributed by atoms with van der Waals surface area (Å²) in [5.41, 5.74) is -0.907. The van der Waals surface area contributed by atoms with Crippen molar-refractivity contribution in [3.8, 4) is 0 Å². The van der Waals surface area contributed by atoms with E-state index in [0.29, 0.717) is 81.1 Å². The van der Waals surface area contributed by atoms with Gasteiger partial charge in [-0.05, 0) is 86.5 Å². The number of carbonyl (C=O) groups excluding carboxylic acids is 2. The summed E-state index contributed by atoms with van der Waals surface area (Å²) < 4.78 is 0. The molecule has 10 heteroatoms. The molecular weight excluding hydrogens is 484 g/mol. The Bertz CT molecular complexity index is 740. The van der Waals surface area contributed by atoms with Gasteiger partial charge in [0.1, 0.15) is 9.98 Å². The molecule has 0 spiro atoms. The molecule has 35 heavy (non-hydrogen) atoms. The summed E-state index contributed by atoms with van der Waals surface area (Å²) in [5, 5.41) is 21.0. The molecule has 2 saturated heterocycles. The van der Waals surface area contributed by atoms with Crippen LogP contribution >= 0.6 is 24.4 Å². The molecule has 2 unspecified atom stereocenters. The van der Waals surface area contributed by atoms with Gasteiger partial charge in [-0.25, -0.2) is 9.59 Å². The molecule has 0 aromatic rings. The maximum atomic E-state index is 12.6. The van der Waals surface area contributed by atoms with E-state index in [0.717, 1.165) is 0 Å². The first-order valence-electron chi connectivity index (χ1n) is 12.8. The number of nitrogens with zero attached hydrogens (tertiary/aromatic N) is 4. The van der Waals surface area contributed by atoms with Gasteiger partial charge in [0, 0.05) is 24.2 Å². The van der Waals surface area contributed by atoms with Crippen molar-refractivity contribution in [1.82, 2.24) is 19.6 Å². The fourth-order valence-electron chi connectivity index (χ4n) is 4.93. The highest BCUT2D eigenvalue weighted by Gasteiger charge is 2.42. The van der Waals surface area contributed by atoms with Crippen molar-refractivity contribution in [1.29, 1.82) is 0 Å². The van der Waals surface area contributed by atoms with Crippen LogP contribution in [0.2, 0.25) is 0 Å². The maximum absolute atomic E-state index is 12.6. The highest BCUT2D eigenvalue weighted by atomic mass is 32.1. The van der Waals surface area contributed by atoms with Crippen molar-refractivity contribution in [2.45, 2.75) is 110 Å². The van der Waals surface area contributed by atoms with Gasteiger partial charge in [0.2, 0.25) is 0 Å². The third kappa shape index (κ3) is 7.33. The molecule has 2 fully saturated rings. The van der Waals surface area contributed by atoms with E-state index in [1.54, 1.807) is 19.6 Å². The predicted molar refractivity (Wildman–Crippen MR) is 147 cm³/mol. The number of carbonyl (C=O) groups is 2. The minimum atomic E-state index is -0.494. The average Bonchev–Trinajstić information content (AvgIpc) is 3.24. The van der Waals surface area contributed by atoms with Gasteiger partial charge in [0.05, 0.1) is 25.3 Å². The molecule has 2 atom stereocenters. The van der Waals surface area contributed by atoms with Crippen LogP contribution in [-0.4, -0.2) is 101 Å². The van der Waals surface area contributed by atoms with Gasteiger partial charge in [-0.3, -0.25) is 9.80 Å². The Morgan fingerprint density at radius 2 is 1.09 bits per heavy atom. The fourth-order valence-corrected chi connectivity index (χ4v) is 5.89. The van der Waals surface area contributed by atoms with Gasteiger partial charge < -0.3 is 20.0 Å². The number of urea groups is 2. The molecule has 0 bridgehead atoms. The number of thiocarbonyl (C=S) groups is 2. The first kappa shape index (κ1) is 29.9. The lowest BCUT2D eigenvalue weighted by Gasteiger charge is -2.36. The number of likely N-dealkylation sites (N-methyl/N-ethyl adjacent to an activating group) is 2. The molecule has 2 aliphatic rings. The number of hydrogen-bond acceptors (Lipinski definition) is 6. The first-order valence-corrected chi connectivity index (χ1v) is 13.7. The first-order chi connectivity index (χ1) is 16.2. The second-order valence-electron chi connectivity index (χ2n) is 11.0. The van der Waals surface area contributed by atoms with Crippen LogP contribution in [-0.2, 0) is 0 Å². The van der Waals surface area contributed by atoms with Gasteiger partial charge in [-0.2, -0.15) is 0 Å². The van der Waals surface area contributed by atoms with E-state index in [1.807, 2.05) is 41.5 Å². The van der Waals surface area contributed by atoms with Gasteiger partial charge in [-0.15, -0.1) is 0 Å². The Kier molecular flexibility index (Phi) is 10.5. The normalized spacial score (nSPS) is 19.4. The highest BCUT2D eigenvalue weighted by Crippen LogP contribution is 2.30. The largest absolute Gasteiger partial charge is 0.393 e. The topological polar surface area (TPSA) is 87.6 Å². The summed E-state index contributed by atoms with van der Waals surface area (Å²) in [4.78, 5) is 33.4. The monoisotopic (exact) mass is 528 g/mol. The van der Waals surface area contributed by atoms with Crippen molar-refractivity contribution in [3.05, 3.63) is 0 Å². The molecule has 4 amide bonds. The zero-order valence-corrected chi connectivity index (χ0v) is 23.9. The van der Waals surface area contributed by atoms with Gasteiger partial charge >= 0.3 is 12.1 Å². The zero-order valence-electron chi connectivity index (χ0n) is 22.2.